The maximum Gasteiger partial charge on any atom is 0.253 e. The fourth-order valence-electron chi connectivity index (χ4n) is 3.56. The Morgan fingerprint density at radius 1 is 1.14 bits per heavy atom. The second-order valence-electron chi connectivity index (χ2n) is 8.19. The summed E-state index contributed by atoms with van der Waals surface area (Å²) in [5.41, 5.74) is 1.88. The number of carbonyl (C=O) groups is 1. The lowest BCUT2D eigenvalue weighted by atomic mass is 9.91. The molecule has 0 spiro atoms. The number of likely N-dealkylation sites (tertiary alicyclic amines) is 1. The molecule has 1 amide bonds. The van der Waals surface area contributed by atoms with Crippen LogP contribution in [0.25, 0.3) is 0 Å². The molecule has 1 fully saturated rings. The van der Waals surface area contributed by atoms with Crippen LogP contribution in [0.1, 0.15) is 53.9 Å². The molecule has 0 bridgehead atoms. The van der Waals surface area contributed by atoms with E-state index in [9.17, 15) is 4.79 Å². The van der Waals surface area contributed by atoms with Crippen molar-refractivity contribution in [1.29, 1.82) is 0 Å². The molecule has 0 saturated carbocycles. The van der Waals surface area contributed by atoms with Crippen molar-refractivity contribution in [3.63, 3.8) is 0 Å². The molecule has 0 radical (unpaired) electrons. The minimum Gasteiger partial charge on any atom is -0.356 e. The predicted octanol–water partition coefficient (Wildman–Crippen LogP) is 4.02. The number of carbonyl (C=O) groups excluding carboxylic acids is 1. The maximum atomic E-state index is 12.7. The fourth-order valence-corrected chi connectivity index (χ4v) is 4.41. The van der Waals surface area contributed by atoms with Gasteiger partial charge in [0.15, 0.2) is 5.96 Å². The zero-order valence-electron chi connectivity index (χ0n) is 17.7. The zero-order valence-corrected chi connectivity index (χ0v) is 18.5. The second kappa shape index (κ2) is 9.92. The van der Waals surface area contributed by atoms with Gasteiger partial charge in [0.2, 0.25) is 0 Å². The fraction of sp³-hybridized carbons (Fsp3) is 0.478. The first-order valence-electron chi connectivity index (χ1n) is 10.4. The number of rotatable bonds is 6. The smallest absolute Gasteiger partial charge is 0.253 e. The number of nitrogens with one attached hydrogen (secondary N) is 2. The van der Waals surface area contributed by atoms with Crippen LogP contribution in [0.2, 0.25) is 0 Å². The lowest BCUT2D eigenvalue weighted by Crippen LogP contribution is -2.43. The van der Waals surface area contributed by atoms with Crippen LogP contribution in [0, 0.1) is 0 Å². The first kappa shape index (κ1) is 21.4. The van der Waals surface area contributed by atoms with Gasteiger partial charge >= 0.3 is 0 Å². The monoisotopic (exact) mass is 412 g/mol. The first-order chi connectivity index (χ1) is 14.0. The molecule has 1 aromatic heterocycles. The van der Waals surface area contributed by atoms with Crippen molar-refractivity contribution in [2.24, 2.45) is 4.99 Å². The lowest BCUT2D eigenvalue weighted by molar-refractivity contribution is 0.0724. The van der Waals surface area contributed by atoms with Crippen LogP contribution in [0.15, 0.2) is 46.8 Å². The van der Waals surface area contributed by atoms with Crippen LogP contribution in [0.5, 0.6) is 0 Å². The Balaban J connectivity index is 1.55. The summed E-state index contributed by atoms with van der Waals surface area (Å²) >= 11 is 1.78. The summed E-state index contributed by atoms with van der Waals surface area (Å²) in [7, 11) is 1.78. The van der Waals surface area contributed by atoms with Crippen molar-refractivity contribution in [1.82, 2.24) is 15.5 Å². The number of piperidine rings is 1. The molecule has 1 aliphatic rings. The molecule has 2 aromatic rings. The van der Waals surface area contributed by atoms with Crippen LogP contribution in [0.4, 0.5) is 0 Å². The molecule has 5 nitrogen and oxygen atoms in total. The molecule has 29 heavy (non-hydrogen) atoms. The van der Waals surface area contributed by atoms with Gasteiger partial charge in [-0.15, -0.1) is 11.3 Å². The zero-order chi connectivity index (χ0) is 20.7. The van der Waals surface area contributed by atoms with Crippen molar-refractivity contribution >= 4 is 23.2 Å². The maximum absolute atomic E-state index is 12.7. The van der Waals surface area contributed by atoms with Crippen LogP contribution in [0.3, 0.4) is 0 Å². The third kappa shape index (κ3) is 5.82. The number of aliphatic imine (C=N–C) groups is 1. The normalized spacial score (nSPS) is 15.3. The van der Waals surface area contributed by atoms with E-state index in [1.54, 1.807) is 18.4 Å². The van der Waals surface area contributed by atoms with E-state index in [1.165, 1.54) is 11.3 Å². The van der Waals surface area contributed by atoms with Gasteiger partial charge in [-0.25, -0.2) is 0 Å². The highest BCUT2D eigenvalue weighted by molar-refractivity contribution is 7.10. The molecular formula is C23H32N4OS. The Bertz CT molecular complexity index is 823. The van der Waals surface area contributed by atoms with E-state index >= 15 is 0 Å². The number of nitrogens with zero attached hydrogens (tertiary/aromatic N) is 2. The van der Waals surface area contributed by atoms with Gasteiger partial charge in [0.25, 0.3) is 5.91 Å². The Morgan fingerprint density at radius 2 is 1.93 bits per heavy atom. The van der Waals surface area contributed by atoms with E-state index in [2.05, 4.69) is 47.0 Å². The average molecular weight is 413 g/mol. The van der Waals surface area contributed by atoms with Crippen LogP contribution in [-0.4, -0.2) is 43.4 Å². The number of thiophene rings is 1. The summed E-state index contributed by atoms with van der Waals surface area (Å²) in [6.07, 6.45) is 3.44. The van der Waals surface area contributed by atoms with E-state index in [4.69, 9.17) is 0 Å². The van der Waals surface area contributed by atoms with Gasteiger partial charge in [0, 0.05) is 49.1 Å². The third-order valence-corrected chi connectivity index (χ3v) is 6.62. The average Bonchev–Trinajstić information content (AvgIpc) is 3.30. The largest absolute Gasteiger partial charge is 0.356 e. The molecule has 0 atom stereocenters. The Hall–Kier alpha value is -2.34. The molecule has 2 N–H and O–H groups in total. The summed E-state index contributed by atoms with van der Waals surface area (Å²) in [6, 6.07) is 12.2. The van der Waals surface area contributed by atoms with Crippen molar-refractivity contribution in [3.8, 4) is 0 Å². The molecule has 6 heteroatoms. The molecule has 1 aromatic carbocycles. The van der Waals surface area contributed by atoms with E-state index in [1.807, 2.05) is 29.2 Å². The van der Waals surface area contributed by atoms with E-state index in [0.717, 1.165) is 49.6 Å². The second-order valence-corrected chi connectivity index (χ2v) is 9.14. The van der Waals surface area contributed by atoms with Gasteiger partial charge in [-0.3, -0.25) is 9.79 Å². The van der Waals surface area contributed by atoms with Gasteiger partial charge in [-0.1, -0.05) is 32.0 Å². The Morgan fingerprint density at radius 3 is 2.62 bits per heavy atom. The predicted molar refractivity (Wildman–Crippen MR) is 122 cm³/mol. The number of hydrogen-bond donors (Lipinski definition) is 2. The van der Waals surface area contributed by atoms with Crippen LogP contribution in [-0.2, 0) is 12.0 Å². The van der Waals surface area contributed by atoms with Crippen molar-refractivity contribution in [3.05, 3.63) is 57.8 Å². The van der Waals surface area contributed by atoms with Crippen LogP contribution >= 0.6 is 11.3 Å². The minimum atomic E-state index is 0.0343. The highest BCUT2D eigenvalue weighted by Crippen LogP contribution is 2.26. The SMILES string of the molecule is CN=C(NCc1cccc(C(=O)N2CCCCC2)c1)NCC(C)(C)c1cccs1. The van der Waals surface area contributed by atoms with E-state index in [-0.39, 0.29) is 11.3 Å². The quantitative estimate of drug-likeness (QED) is 0.557. The number of guanidine groups is 1. The highest BCUT2D eigenvalue weighted by Gasteiger charge is 2.22. The third-order valence-electron chi connectivity index (χ3n) is 5.39. The summed E-state index contributed by atoms with van der Waals surface area (Å²) in [6.45, 7) is 7.63. The molecule has 1 saturated heterocycles. The van der Waals surface area contributed by atoms with Gasteiger partial charge in [-0.05, 0) is 48.4 Å². The summed E-state index contributed by atoms with van der Waals surface area (Å²) in [5, 5.41) is 8.91. The van der Waals surface area contributed by atoms with Gasteiger partial charge < -0.3 is 15.5 Å². The lowest BCUT2D eigenvalue weighted by Gasteiger charge is -2.27. The molecule has 156 valence electrons. The molecular weight excluding hydrogens is 380 g/mol. The van der Waals surface area contributed by atoms with Gasteiger partial charge in [0.05, 0.1) is 0 Å². The van der Waals surface area contributed by atoms with Crippen molar-refractivity contribution in [2.75, 3.05) is 26.7 Å². The van der Waals surface area contributed by atoms with E-state index in [0.29, 0.717) is 6.54 Å². The molecule has 2 heterocycles. The number of benzene rings is 1. The number of amides is 1. The van der Waals surface area contributed by atoms with Crippen molar-refractivity contribution in [2.45, 2.75) is 45.1 Å². The summed E-state index contributed by atoms with van der Waals surface area (Å²) in [5.74, 6) is 0.911. The summed E-state index contributed by atoms with van der Waals surface area (Å²) in [4.78, 5) is 20.4. The topological polar surface area (TPSA) is 56.7 Å². The molecule has 0 aliphatic carbocycles. The molecule has 3 rings (SSSR count). The standard InChI is InChI=1S/C23H32N4OS/c1-23(2,20-11-8-14-29-20)17-26-22(24-3)25-16-18-9-7-10-19(15-18)21(28)27-12-5-4-6-13-27/h7-11,14-15H,4-6,12-13,16-17H2,1-3H3,(H2,24,25,26). The van der Waals surface area contributed by atoms with Crippen molar-refractivity contribution < 1.29 is 4.79 Å². The van der Waals surface area contributed by atoms with Crippen LogP contribution < -0.4 is 10.6 Å². The Kier molecular flexibility index (Phi) is 7.31. The highest BCUT2D eigenvalue weighted by atomic mass is 32.1. The Labute approximate surface area is 178 Å². The number of hydrogen-bond acceptors (Lipinski definition) is 3. The molecule has 0 unspecified atom stereocenters. The molecule has 1 aliphatic heterocycles. The van der Waals surface area contributed by atoms with E-state index < -0.39 is 0 Å². The first-order valence-corrected chi connectivity index (χ1v) is 11.2. The van der Waals surface area contributed by atoms with Gasteiger partial charge in [-0.2, -0.15) is 0 Å². The summed E-state index contributed by atoms with van der Waals surface area (Å²) < 4.78 is 0. The van der Waals surface area contributed by atoms with Gasteiger partial charge in [0.1, 0.15) is 0 Å². The minimum absolute atomic E-state index is 0.0343.